The number of nitrogens with one attached hydrogen (secondary N) is 1. The summed E-state index contributed by atoms with van der Waals surface area (Å²) in [4.78, 5) is 62.3. The Morgan fingerprint density at radius 3 is 1.86 bits per heavy atom. The van der Waals surface area contributed by atoms with Crippen LogP contribution in [0.5, 0.6) is 17.2 Å². The first kappa shape index (κ1) is 49.8. The first-order chi connectivity index (χ1) is 34.1. The Morgan fingerprint density at radius 2 is 1.28 bits per heavy atom. The average Bonchev–Trinajstić information content (AvgIpc) is 3.86. The normalized spacial score (nSPS) is 17.3. The summed E-state index contributed by atoms with van der Waals surface area (Å²) in [6.45, 7) is 12.0. The molecule has 0 radical (unpaired) electrons. The van der Waals surface area contributed by atoms with Gasteiger partial charge in [0.25, 0.3) is 11.8 Å². The summed E-state index contributed by atoms with van der Waals surface area (Å²) in [5, 5.41) is 3.50. The minimum atomic E-state index is -0.170. The van der Waals surface area contributed by atoms with Crippen LogP contribution < -0.4 is 39.1 Å². The summed E-state index contributed by atoms with van der Waals surface area (Å²) in [5.41, 5.74) is 10.2. The minimum Gasteiger partial charge on any atom is -0.493 e. The molecule has 4 heterocycles. The molecule has 0 fully saturated rings. The Hall–Kier alpha value is -6.12. The molecule has 0 aromatic heterocycles. The number of fused-ring (bicyclic) bond motifs is 8. The van der Waals surface area contributed by atoms with E-state index >= 15 is 0 Å². The van der Waals surface area contributed by atoms with Crippen LogP contribution in [-0.4, -0.2) is 79.9 Å². The van der Waals surface area contributed by atoms with Gasteiger partial charge in [0.15, 0.2) is 11.5 Å². The molecular formula is C57H65N5O7S2. The number of amides is 3. The highest BCUT2D eigenvalue weighted by Gasteiger charge is 2.41. The van der Waals surface area contributed by atoms with Crippen LogP contribution in [-0.2, 0) is 35.6 Å². The monoisotopic (exact) mass is 995 g/mol. The van der Waals surface area contributed by atoms with Gasteiger partial charge in [0.1, 0.15) is 24.7 Å². The highest BCUT2D eigenvalue weighted by atomic mass is 33.1. The van der Waals surface area contributed by atoms with Crippen LogP contribution >= 0.6 is 21.6 Å². The maximum absolute atomic E-state index is 14.3. The minimum absolute atomic E-state index is 0.000842. The number of anilines is 5. The van der Waals surface area contributed by atoms with Crippen molar-refractivity contribution in [3.05, 3.63) is 130 Å². The topological polar surface area (TPSA) is 121 Å². The van der Waals surface area contributed by atoms with E-state index in [0.717, 1.165) is 58.7 Å². The number of ketones is 1. The Kier molecular flexibility index (Phi) is 14.7. The van der Waals surface area contributed by atoms with Crippen LogP contribution in [0.25, 0.3) is 0 Å². The molecule has 9 rings (SSSR count). The summed E-state index contributed by atoms with van der Waals surface area (Å²) in [6, 6.07) is 29.8. The van der Waals surface area contributed by atoms with E-state index in [4.69, 9.17) is 14.2 Å². The van der Waals surface area contributed by atoms with E-state index in [1.807, 2.05) is 111 Å². The molecule has 0 saturated carbocycles. The number of hydrogen-bond donors (Lipinski definition) is 1. The van der Waals surface area contributed by atoms with Gasteiger partial charge in [-0.05, 0) is 117 Å². The van der Waals surface area contributed by atoms with Gasteiger partial charge in [-0.15, -0.1) is 0 Å². The first-order valence-electron chi connectivity index (χ1n) is 24.8. The Labute approximate surface area is 426 Å². The average molecular weight is 996 g/mol. The molecular weight excluding hydrogens is 931 g/mol. The van der Waals surface area contributed by atoms with Crippen LogP contribution in [0.15, 0.2) is 91.0 Å². The summed E-state index contributed by atoms with van der Waals surface area (Å²) in [5.74, 6) is 1.72. The lowest BCUT2D eigenvalue weighted by atomic mass is 10.1. The van der Waals surface area contributed by atoms with E-state index in [-0.39, 0.29) is 53.5 Å². The van der Waals surface area contributed by atoms with Crippen LogP contribution in [0.3, 0.4) is 0 Å². The van der Waals surface area contributed by atoms with Gasteiger partial charge in [-0.3, -0.25) is 19.2 Å². The maximum atomic E-state index is 14.3. The van der Waals surface area contributed by atoms with Gasteiger partial charge in [-0.25, -0.2) is 0 Å². The van der Waals surface area contributed by atoms with Gasteiger partial charge >= 0.3 is 0 Å². The molecule has 0 spiro atoms. The third-order valence-electron chi connectivity index (χ3n) is 14.2. The molecule has 3 atom stereocenters. The second-order valence-corrected chi connectivity index (χ2v) is 23.4. The van der Waals surface area contributed by atoms with Crippen molar-refractivity contribution in [3.63, 3.8) is 0 Å². The molecule has 14 heteroatoms. The number of carbonyl (C=O) groups excluding carboxylic acids is 4. The van der Waals surface area contributed by atoms with Crippen molar-refractivity contribution in [2.24, 2.45) is 0 Å². The maximum Gasteiger partial charge on any atom is 0.260 e. The van der Waals surface area contributed by atoms with Gasteiger partial charge < -0.3 is 39.1 Å². The lowest BCUT2D eigenvalue weighted by molar-refractivity contribution is -0.119. The van der Waals surface area contributed by atoms with E-state index in [1.54, 1.807) is 34.8 Å². The molecule has 3 amide bonds. The van der Waals surface area contributed by atoms with Gasteiger partial charge in [-0.1, -0.05) is 71.8 Å². The van der Waals surface area contributed by atoms with Crippen molar-refractivity contribution in [2.75, 3.05) is 59.2 Å². The number of hydrogen-bond acceptors (Lipinski definition) is 11. The van der Waals surface area contributed by atoms with Crippen molar-refractivity contribution in [1.29, 1.82) is 0 Å². The number of rotatable bonds is 18. The standard InChI is InChI=1S/C57H65N5O7S2/c1-9-44(63)19-18-36(3)70-71-57(4,5)21-20-54(64)58-41-24-37(33-68-51-29-49-45(22-35(51)2)55(65)61-42(31-59(49)6)26-39-14-10-12-16-47(39)61)23-38(25-41)34-69-53-30-50-46(28-52(53)67-8)56(66)62-43(32-60(50)7)27-40-15-11-13-17-48(40)62/h10-17,22-25,28-30,36,42-43H,9,18-21,26-27,31-34H2,1-8H3,(H,58,64)/t36?,42-,43-/m0/s1. The highest BCUT2D eigenvalue weighted by molar-refractivity contribution is 8.77. The van der Waals surface area contributed by atoms with Crippen molar-refractivity contribution < 1.29 is 33.4 Å². The number of Topliss-reactive ketones (excluding diaryl/α,β-unsaturated/α-hetero) is 1. The van der Waals surface area contributed by atoms with Crippen molar-refractivity contribution >= 4 is 73.5 Å². The fourth-order valence-electron chi connectivity index (χ4n) is 10.3. The Balaban J connectivity index is 0.943. The predicted octanol–water partition coefficient (Wildman–Crippen LogP) is 11.2. The molecule has 5 aromatic rings. The number of nitrogens with zero attached hydrogens (tertiary/aromatic N) is 4. The van der Waals surface area contributed by atoms with Crippen LogP contribution in [0, 0.1) is 6.92 Å². The predicted molar refractivity (Wildman–Crippen MR) is 288 cm³/mol. The molecule has 1 N–H and O–H groups in total. The van der Waals surface area contributed by atoms with Crippen molar-refractivity contribution in [2.45, 2.75) is 115 Å². The lowest BCUT2D eigenvalue weighted by Gasteiger charge is -2.25. The molecule has 0 aliphatic carbocycles. The van der Waals surface area contributed by atoms with E-state index in [1.165, 1.54) is 11.1 Å². The molecule has 0 bridgehead atoms. The number of methoxy groups -OCH3 is 1. The summed E-state index contributed by atoms with van der Waals surface area (Å²) in [7, 11) is 9.17. The smallest absolute Gasteiger partial charge is 0.260 e. The van der Waals surface area contributed by atoms with Gasteiger partial charge in [-0.2, -0.15) is 0 Å². The number of aryl methyl sites for hydroxylation is 1. The summed E-state index contributed by atoms with van der Waals surface area (Å²) >= 11 is 0. The summed E-state index contributed by atoms with van der Waals surface area (Å²) in [6.07, 6.45) is 4.59. The molecule has 5 aromatic carbocycles. The van der Waals surface area contributed by atoms with E-state index in [2.05, 4.69) is 48.0 Å². The zero-order valence-electron chi connectivity index (χ0n) is 42.1. The number of para-hydroxylation sites is 2. The van der Waals surface area contributed by atoms with Crippen LogP contribution in [0.4, 0.5) is 28.4 Å². The van der Waals surface area contributed by atoms with Crippen molar-refractivity contribution in [3.8, 4) is 17.2 Å². The largest absolute Gasteiger partial charge is 0.493 e. The fourth-order valence-corrected chi connectivity index (χ4v) is 12.9. The number of ether oxygens (including phenoxy) is 3. The van der Waals surface area contributed by atoms with E-state index < -0.39 is 0 Å². The van der Waals surface area contributed by atoms with Gasteiger partial charge in [0.05, 0.1) is 41.7 Å². The van der Waals surface area contributed by atoms with Gasteiger partial charge in [0.2, 0.25) is 5.91 Å². The first-order valence-corrected chi connectivity index (χ1v) is 27.0. The molecule has 372 valence electrons. The second-order valence-electron chi connectivity index (χ2n) is 20.1. The number of likely N-dealkylation sites (N-methyl/N-ethyl adjacent to an activating group) is 2. The SMILES string of the molecule is CCC(=O)CCC(C)SSC(C)(C)CCC(=O)Nc1cc(COc2cc3c(cc2C)C(=O)N2c4ccccc4C[C@H]2CN3C)cc(COc2cc3c(cc2OC)C(=O)N2c4ccccc4C[C@H]2CN3C)c1. The van der Waals surface area contributed by atoms with E-state index in [9.17, 15) is 19.2 Å². The fraction of sp³-hybridized carbons (Fsp3) is 0.404. The number of benzene rings is 5. The molecule has 4 aliphatic rings. The molecule has 12 nitrogen and oxygen atoms in total. The molecule has 0 saturated heterocycles. The zero-order valence-corrected chi connectivity index (χ0v) is 43.8. The van der Waals surface area contributed by atoms with Crippen LogP contribution in [0.1, 0.15) is 108 Å². The van der Waals surface area contributed by atoms with E-state index in [0.29, 0.717) is 78.1 Å². The Bertz CT molecular complexity index is 2870. The third-order valence-corrected chi connectivity index (χ3v) is 18.1. The molecule has 4 aliphatic heterocycles. The number of carbonyl (C=O) groups is 4. The van der Waals surface area contributed by atoms with Crippen LogP contribution in [0.2, 0.25) is 0 Å². The van der Waals surface area contributed by atoms with Gasteiger partial charge in [0, 0.05) is 85.6 Å². The highest BCUT2D eigenvalue weighted by Crippen LogP contribution is 2.45. The van der Waals surface area contributed by atoms with Crippen molar-refractivity contribution in [1.82, 2.24) is 0 Å². The second kappa shape index (κ2) is 20.9. The zero-order chi connectivity index (χ0) is 50.1. The molecule has 71 heavy (non-hydrogen) atoms. The lowest BCUT2D eigenvalue weighted by Crippen LogP contribution is -2.41. The Morgan fingerprint density at radius 1 is 0.732 bits per heavy atom. The third kappa shape index (κ3) is 10.7. The quantitative estimate of drug-likeness (QED) is 0.0845. The summed E-state index contributed by atoms with van der Waals surface area (Å²) < 4.78 is 18.9. The molecule has 1 unspecified atom stereocenters.